The van der Waals surface area contributed by atoms with Crippen molar-refractivity contribution in [2.24, 2.45) is 0 Å². The van der Waals surface area contributed by atoms with Gasteiger partial charge in [-0.1, -0.05) is 37.3 Å². The summed E-state index contributed by atoms with van der Waals surface area (Å²) in [6.45, 7) is 5.27. The van der Waals surface area contributed by atoms with Gasteiger partial charge in [0.1, 0.15) is 0 Å². The fourth-order valence-corrected chi connectivity index (χ4v) is 2.98. The highest BCUT2D eigenvalue weighted by Gasteiger charge is 2.10. The Kier molecular flexibility index (Phi) is 4.26. The zero-order valence-corrected chi connectivity index (χ0v) is 13.0. The predicted octanol–water partition coefficient (Wildman–Crippen LogP) is 3.53. The van der Waals surface area contributed by atoms with Crippen molar-refractivity contribution in [2.45, 2.75) is 32.9 Å². The van der Waals surface area contributed by atoms with E-state index in [2.05, 4.69) is 66.7 Å². The Labute approximate surface area is 127 Å². The number of aryl methyl sites for hydroxylation is 1. The number of rotatable bonds is 4. The lowest BCUT2D eigenvalue weighted by atomic mass is 9.98. The molecule has 0 atom stereocenters. The van der Waals surface area contributed by atoms with Gasteiger partial charge in [0.25, 0.3) is 0 Å². The number of hydrogen-bond donors (Lipinski definition) is 1. The second-order valence-corrected chi connectivity index (χ2v) is 5.91. The third kappa shape index (κ3) is 3.27. The molecule has 0 spiro atoms. The molecule has 2 aromatic rings. The van der Waals surface area contributed by atoms with Crippen molar-refractivity contribution in [3.8, 4) is 0 Å². The van der Waals surface area contributed by atoms with Crippen molar-refractivity contribution in [3.05, 3.63) is 64.7 Å². The zero-order valence-electron chi connectivity index (χ0n) is 13.0. The van der Waals surface area contributed by atoms with Gasteiger partial charge in [0.15, 0.2) is 0 Å². The van der Waals surface area contributed by atoms with Crippen LogP contribution in [0, 0.1) is 0 Å². The summed E-state index contributed by atoms with van der Waals surface area (Å²) in [4.78, 5) is 2.32. The quantitative estimate of drug-likeness (QED) is 0.921. The average molecular weight is 280 g/mol. The van der Waals surface area contributed by atoms with Gasteiger partial charge in [-0.05, 0) is 53.8 Å². The van der Waals surface area contributed by atoms with E-state index < -0.39 is 0 Å². The van der Waals surface area contributed by atoms with Crippen molar-refractivity contribution in [1.82, 2.24) is 5.32 Å². The summed E-state index contributed by atoms with van der Waals surface area (Å²) in [5.74, 6) is 0. The van der Waals surface area contributed by atoms with Crippen LogP contribution in [0.3, 0.4) is 0 Å². The predicted molar refractivity (Wildman–Crippen MR) is 89.8 cm³/mol. The minimum atomic E-state index is 0.957. The van der Waals surface area contributed by atoms with Crippen molar-refractivity contribution in [2.75, 3.05) is 18.5 Å². The molecular weight excluding hydrogens is 256 g/mol. The van der Waals surface area contributed by atoms with Crippen LogP contribution in [-0.2, 0) is 25.9 Å². The van der Waals surface area contributed by atoms with E-state index in [4.69, 9.17) is 0 Å². The molecule has 2 heteroatoms. The van der Waals surface area contributed by atoms with Gasteiger partial charge in [0.2, 0.25) is 0 Å². The SMILES string of the molecule is CCc1ccc(N(C)Cc2ccc3c(c2)CNCC3)cc1. The van der Waals surface area contributed by atoms with E-state index >= 15 is 0 Å². The Morgan fingerprint density at radius 1 is 1.00 bits per heavy atom. The number of fused-ring (bicyclic) bond motifs is 1. The van der Waals surface area contributed by atoms with Gasteiger partial charge < -0.3 is 10.2 Å². The molecule has 0 saturated carbocycles. The normalized spacial score (nSPS) is 13.8. The highest BCUT2D eigenvalue weighted by molar-refractivity contribution is 5.48. The maximum Gasteiger partial charge on any atom is 0.0426 e. The van der Waals surface area contributed by atoms with Crippen molar-refractivity contribution < 1.29 is 0 Å². The molecule has 0 fully saturated rings. The molecule has 1 N–H and O–H groups in total. The molecule has 0 bridgehead atoms. The minimum Gasteiger partial charge on any atom is -0.370 e. The van der Waals surface area contributed by atoms with E-state index in [1.54, 1.807) is 0 Å². The van der Waals surface area contributed by atoms with Crippen LogP contribution in [0.2, 0.25) is 0 Å². The second kappa shape index (κ2) is 6.31. The molecule has 110 valence electrons. The van der Waals surface area contributed by atoms with E-state index in [0.717, 1.165) is 32.5 Å². The molecule has 1 aliphatic heterocycles. The van der Waals surface area contributed by atoms with Crippen LogP contribution in [0.5, 0.6) is 0 Å². The first-order chi connectivity index (χ1) is 10.3. The molecule has 1 aliphatic rings. The van der Waals surface area contributed by atoms with E-state index in [1.807, 2.05) is 0 Å². The fraction of sp³-hybridized carbons (Fsp3) is 0.368. The van der Waals surface area contributed by atoms with Crippen LogP contribution in [0.25, 0.3) is 0 Å². The van der Waals surface area contributed by atoms with E-state index in [9.17, 15) is 0 Å². The van der Waals surface area contributed by atoms with E-state index in [0.29, 0.717) is 0 Å². The molecule has 3 rings (SSSR count). The van der Waals surface area contributed by atoms with Crippen LogP contribution < -0.4 is 10.2 Å². The maximum absolute atomic E-state index is 3.45. The molecule has 2 nitrogen and oxygen atoms in total. The molecular formula is C19H24N2. The first-order valence-electron chi connectivity index (χ1n) is 7.87. The first-order valence-corrected chi connectivity index (χ1v) is 7.87. The van der Waals surface area contributed by atoms with Gasteiger partial charge in [0.05, 0.1) is 0 Å². The average Bonchev–Trinajstić information content (AvgIpc) is 2.55. The van der Waals surface area contributed by atoms with Gasteiger partial charge in [-0.25, -0.2) is 0 Å². The van der Waals surface area contributed by atoms with Crippen LogP contribution in [0.4, 0.5) is 5.69 Å². The van der Waals surface area contributed by atoms with Gasteiger partial charge in [-0.15, -0.1) is 0 Å². The largest absolute Gasteiger partial charge is 0.370 e. The Morgan fingerprint density at radius 2 is 1.76 bits per heavy atom. The smallest absolute Gasteiger partial charge is 0.0426 e. The van der Waals surface area contributed by atoms with Gasteiger partial charge in [-0.3, -0.25) is 0 Å². The molecule has 0 aliphatic carbocycles. The van der Waals surface area contributed by atoms with Crippen LogP contribution in [0.15, 0.2) is 42.5 Å². The third-order valence-electron chi connectivity index (χ3n) is 4.36. The maximum atomic E-state index is 3.45. The summed E-state index contributed by atoms with van der Waals surface area (Å²) >= 11 is 0. The van der Waals surface area contributed by atoms with Crippen LogP contribution in [0.1, 0.15) is 29.2 Å². The molecule has 21 heavy (non-hydrogen) atoms. The summed E-state index contributed by atoms with van der Waals surface area (Å²) in [5.41, 5.74) is 7.04. The monoisotopic (exact) mass is 280 g/mol. The fourth-order valence-electron chi connectivity index (χ4n) is 2.98. The molecule has 2 aromatic carbocycles. The van der Waals surface area contributed by atoms with Gasteiger partial charge in [0, 0.05) is 25.8 Å². The number of benzene rings is 2. The van der Waals surface area contributed by atoms with Crippen LogP contribution in [-0.4, -0.2) is 13.6 Å². The van der Waals surface area contributed by atoms with E-state index in [1.165, 1.54) is 27.9 Å². The highest BCUT2D eigenvalue weighted by atomic mass is 15.1. The van der Waals surface area contributed by atoms with Crippen molar-refractivity contribution in [1.29, 1.82) is 0 Å². The molecule has 0 radical (unpaired) electrons. The lowest BCUT2D eigenvalue weighted by Crippen LogP contribution is -2.24. The highest BCUT2D eigenvalue weighted by Crippen LogP contribution is 2.20. The standard InChI is InChI=1S/C19H24N2/c1-3-15-5-8-19(9-6-15)21(2)14-16-4-7-17-10-11-20-13-18(17)12-16/h4-9,12,20H,3,10-11,13-14H2,1-2H3. The second-order valence-electron chi connectivity index (χ2n) is 5.91. The lowest BCUT2D eigenvalue weighted by molar-refractivity contribution is 0.642. The molecule has 0 amide bonds. The first kappa shape index (κ1) is 14.2. The Balaban J connectivity index is 1.72. The summed E-state index contributed by atoms with van der Waals surface area (Å²) in [6, 6.07) is 15.8. The van der Waals surface area contributed by atoms with Crippen LogP contribution >= 0.6 is 0 Å². The summed E-state index contributed by atoms with van der Waals surface area (Å²) in [5, 5.41) is 3.45. The zero-order chi connectivity index (χ0) is 14.7. The lowest BCUT2D eigenvalue weighted by Gasteiger charge is -2.22. The third-order valence-corrected chi connectivity index (χ3v) is 4.36. The minimum absolute atomic E-state index is 0.957. The Hall–Kier alpha value is -1.80. The van der Waals surface area contributed by atoms with Crippen molar-refractivity contribution >= 4 is 5.69 Å². The number of nitrogens with zero attached hydrogens (tertiary/aromatic N) is 1. The number of anilines is 1. The Morgan fingerprint density at radius 3 is 2.52 bits per heavy atom. The number of nitrogens with one attached hydrogen (secondary N) is 1. The Bertz CT molecular complexity index is 601. The van der Waals surface area contributed by atoms with Gasteiger partial charge in [-0.2, -0.15) is 0 Å². The molecule has 1 heterocycles. The number of hydrogen-bond acceptors (Lipinski definition) is 2. The van der Waals surface area contributed by atoms with Gasteiger partial charge >= 0.3 is 0 Å². The van der Waals surface area contributed by atoms with Crippen molar-refractivity contribution in [3.63, 3.8) is 0 Å². The molecule has 0 unspecified atom stereocenters. The summed E-state index contributed by atoms with van der Waals surface area (Å²) in [6.07, 6.45) is 2.26. The summed E-state index contributed by atoms with van der Waals surface area (Å²) in [7, 11) is 2.17. The van der Waals surface area contributed by atoms with E-state index in [-0.39, 0.29) is 0 Å². The molecule has 0 aromatic heterocycles. The summed E-state index contributed by atoms with van der Waals surface area (Å²) < 4.78 is 0. The molecule has 0 saturated heterocycles. The topological polar surface area (TPSA) is 15.3 Å².